The van der Waals surface area contributed by atoms with Crippen molar-refractivity contribution in [3.8, 4) is 0 Å². The molecule has 0 aliphatic carbocycles. The van der Waals surface area contributed by atoms with E-state index >= 15 is 0 Å². The van der Waals surface area contributed by atoms with Gasteiger partial charge in [0, 0.05) is 13.5 Å². The first kappa shape index (κ1) is 17.3. The van der Waals surface area contributed by atoms with Crippen LogP contribution in [0.2, 0.25) is 0 Å². The number of rotatable bonds is 7. The molecule has 1 heterocycles. The highest BCUT2D eigenvalue weighted by atomic mass is 16.7. The minimum atomic E-state index is -1.27. The van der Waals surface area contributed by atoms with Gasteiger partial charge in [0.1, 0.15) is 24.4 Å². The van der Waals surface area contributed by atoms with Crippen LogP contribution in [-0.4, -0.2) is 65.1 Å². The van der Waals surface area contributed by atoms with Gasteiger partial charge >= 0.3 is 0 Å². The molecule has 1 aliphatic heterocycles. The molecule has 1 amide bonds. The summed E-state index contributed by atoms with van der Waals surface area (Å²) in [4.78, 5) is 11.2. The molecule has 0 spiro atoms. The number of nitrogens with one attached hydrogen (secondary N) is 1. The maximum Gasteiger partial charge on any atom is 0.217 e. The summed E-state index contributed by atoms with van der Waals surface area (Å²) in [5.74, 6) is -0.352. The summed E-state index contributed by atoms with van der Waals surface area (Å²) in [5.41, 5.74) is 0. The van der Waals surface area contributed by atoms with Gasteiger partial charge in [0.25, 0.3) is 0 Å². The molecule has 0 radical (unpaired) electrons. The van der Waals surface area contributed by atoms with Gasteiger partial charge in [-0.3, -0.25) is 4.79 Å². The van der Waals surface area contributed by atoms with Crippen molar-refractivity contribution in [1.29, 1.82) is 0 Å². The number of unbranched alkanes of at least 4 members (excludes halogenated alkanes) is 2. The molecule has 5 atom stereocenters. The summed E-state index contributed by atoms with van der Waals surface area (Å²) in [5, 5.41) is 31.5. The van der Waals surface area contributed by atoms with Crippen molar-refractivity contribution < 1.29 is 29.6 Å². The quantitative estimate of drug-likeness (QED) is 0.454. The van der Waals surface area contributed by atoms with E-state index in [-0.39, 0.29) is 5.91 Å². The number of hydrogen-bond acceptors (Lipinski definition) is 6. The number of carbonyl (C=O) groups excluding carboxylic acids is 1. The van der Waals surface area contributed by atoms with Crippen LogP contribution in [0.15, 0.2) is 0 Å². The standard InChI is InChI=1S/C13H25NO6/c1-3-4-5-6-19-13-10(14-8(2)16)12(18)11(17)9(7-15)20-13/h9-13,15,17-18H,3-7H2,1-2H3,(H,14,16)/t9?,10?,11-,12+,13+/m0/s1. The fourth-order valence-electron chi connectivity index (χ4n) is 2.16. The van der Waals surface area contributed by atoms with E-state index in [1.807, 2.05) is 0 Å². The van der Waals surface area contributed by atoms with Crippen LogP contribution in [0, 0.1) is 0 Å². The van der Waals surface area contributed by atoms with E-state index in [2.05, 4.69) is 12.2 Å². The first-order chi connectivity index (χ1) is 9.51. The predicted octanol–water partition coefficient (Wildman–Crippen LogP) is -0.863. The summed E-state index contributed by atoms with van der Waals surface area (Å²) in [6, 6.07) is -0.855. The zero-order chi connectivity index (χ0) is 15.1. The Morgan fingerprint density at radius 3 is 2.55 bits per heavy atom. The zero-order valence-electron chi connectivity index (χ0n) is 12.0. The van der Waals surface area contributed by atoms with Crippen LogP contribution in [0.5, 0.6) is 0 Å². The molecule has 2 unspecified atom stereocenters. The fraction of sp³-hybridized carbons (Fsp3) is 0.923. The Labute approximate surface area is 118 Å². The Hall–Kier alpha value is -0.730. The molecular formula is C13H25NO6. The molecule has 118 valence electrons. The normalized spacial score (nSPS) is 34.0. The molecule has 1 rings (SSSR count). The average molecular weight is 291 g/mol. The van der Waals surface area contributed by atoms with Crippen molar-refractivity contribution in [3.05, 3.63) is 0 Å². The highest BCUT2D eigenvalue weighted by Crippen LogP contribution is 2.22. The first-order valence-corrected chi connectivity index (χ1v) is 7.02. The smallest absolute Gasteiger partial charge is 0.217 e. The molecule has 7 heteroatoms. The van der Waals surface area contributed by atoms with Crippen molar-refractivity contribution in [3.63, 3.8) is 0 Å². The molecule has 0 bridgehead atoms. The summed E-state index contributed by atoms with van der Waals surface area (Å²) in [6.45, 7) is 3.37. The third-order valence-electron chi connectivity index (χ3n) is 3.28. The van der Waals surface area contributed by atoms with Crippen LogP contribution in [0.25, 0.3) is 0 Å². The molecule has 0 aromatic carbocycles. The molecule has 7 nitrogen and oxygen atoms in total. The van der Waals surface area contributed by atoms with Gasteiger partial charge in [-0.05, 0) is 6.42 Å². The van der Waals surface area contributed by atoms with Crippen LogP contribution in [0.4, 0.5) is 0 Å². The molecular weight excluding hydrogens is 266 g/mol. The van der Waals surface area contributed by atoms with Gasteiger partial charge in [0.05, 0.1) is 6.61 Å². The molecule has 0 aromatic rings. The van der Waals surface area contributed by atoms with E-state index in [0.29, 0.717) is 6.61 Å². The van der Waals surface area contributed by atoms with Gasteiger partial charge < -0.3 is 30.1 Å². The summed E-state index contributed by atoms with van der Waals surface area (Å²) in [7, 11) is 0. The summed E-state index contributed by atoms with van der Waals surface area (Å²) >= 11 is 0. The van der Waals surface area contributed by atoms with Gasteiger partial charge in [-0.25, -0.2) is 0 Å². The molecule has 1 aliphatic rings. The van der Waals surface area contributed by atoms with E-state index in [0.717, 1.165) is 19.3 Å². The average Bonchev–Trinajstić information content (AvgIpc) is 2.41. The number of ether oxygens (including phenoxy) is 2. The van der Waals surface area contributed by atoms with Crippen molar-refractivity contribution in [2.75, 3.05) is 13.2 Å². The largest absolute Gasteiger partial charge is 0.394 e. The summed E-state index contributed by atoms with van der Waals surface area (Å²) in [6.07, 6.45) is -1.44. The Morgan fingerprint density at radius 1 is 1.30 bits per heavy atom. The van der Waals surface area contributed by atoms with Crippen LogP contribution in [0.1, 0.15) is 33.1 Å². The second-order valence-electron chi connectivity index (χ2n) is 5.01. The van der Waals surface area contributed by atoms with Crippen LogP contribution >= 0.6 is 0 Å². The topological polar surface area (TPSA) is 108 Å². The summed E-state index contributed by atoms with van der Waals surface area (Å²) < 4.78 is 10.9. The lowest BCUT2D eigenvalue weighted by Gasteiger charge is -2.42. The van der Waals surface area contributed by atoms with Crippen LogP contribution in [0.3, 0.4) is 0 Å². The third-order valence-corrected chi connectivity index (χ3v) is 3.28. The zero-order valence-corrected chi connectivity index (χ0v) is 12.0. The van der Waals surface area contributed by atoms with Gasteiger partial charge in [0.15, 0.2) is 6.29 Å². The number of amides is 1. The van der Waals surface area contributed by atoms with E-state index in [1.165, 1.54) is 6.92 Å². The molecule has 0 saturated carbocycles. The maximum absolute atomic E-state index is 11.2. The fourth-order valence-corrected chi connectivity index (χ4v) is 2.16. The van der Waals surface area contributed by atoms with Crippen molar-refractivity contribution in [2.24, 2.45) is 0 Å². The van der Waals surface area contributed by atoms with Crippen molar-refractivity contribution >= 4 is 5.91 Å². The third kappa shape index (κ3) is 4.68. The van der Waals surface area contributed by atoms with E-state index in [4.69, 9.17) is 14.6 Å². The highest BCUT2D eigenvalue weighted by molar-refractivity contribution is 5.73. The lowest BCUT2D eigenvalue weighted by atomic mass is 9.97. The van der Waals surface area contributed by atoms with Crippen molar-refractivity contribution in [2.45, 2.75) is 63.8 Å². The minimum absolute atomic E-state index is 0.352. The van der Waals surface area contributed by atoms with E-state index < -0.39 is 37.3 Å². The van der Waals surface area contributed by atoms with Gasteiger partial charge in [-0.2, -0.15) is 0 Å². The second kappa shape index (κ2) is 8.53. The second-order valence-corrected chi connectivity index (χ2v) is 5.01. The number of aliphatic hydroxyl groups is 3. The van der Waals surface area contributed by atoms with E-state index in [1.54, 1.807) is 0 Å². The lowest BCUT2D eigenvalue weighted by Crippen LogP contribution is -2.64. The predicted molar refractivity (Wildman–Crippen MR) is 70.8 cm³/mol. The Kier molecular flexibility index (Phi) is 7.39. The molecule has 0 aromatic heterocycles. The molecule has 1 saturated heterocycles. The van der Waals surface area contributed by atoms with Crippen LogP contribution in [-0.2, 0) is 14.3 Å². The molecule has 1 fully saturated rings. The van der Waals surface area contributed by atoms with Gasteiger partial charge in [-0.15, -0.1) is 0 Å². The minimum Gasteiger partial charge on any atom is -0.394 e. The highest BCUT2D eigenvalue weighted by Gasteiger charge is 2.45. The Bertz CT molecular complexity index is 301. The Balaban J connectivity index is 2.65. The van der Waals surface area contributed by atoms with E-state index in [9.17, 15) is 15.0 Å². The van der Waals surface area contributed by atoms with Crippen molar-refractivity contribution in [1.82, 2.24) is 5.32 Å². The number of hydrogen-bond donors (Lipinski definition) is 4. The SMILES string of the molecule is CCCCCO[C@@H]1OC(CO)[C@H](O)[C@H](O)C1NC(C)=O. The Morgan fingerprint density at radius 2 is 2.00 bits per heavy atom. The maximum atomic E-state index is 11.2. The first-order valence-electron chi connectivity index (χ1n) is 7.02. The number of aliphatic hydroxyl groups excluding tert-OH is 3. The van der Waals surface area contributed by atoms with Gasteiger partial charge in [0.2, 0.25) is 5.91 Å². The lowest BCUT2D eigenvalue weighted by molar-refractivity contribution is -0.270. The monoisotopic (exact) mass is 291 g/mol. The molecule has 20 heavy (non-hydrogen) atoms. The van der Waals surface area contributed by atoms with Gasteiger partial charge in [-0.1, -0.05) is 19.8 Å². The van der Waals surface area contributed by atoms with Crippen LogP contribution < -0.4 is 5.32 Å². The number of carbonyl (C=O) groups is 1. The molecule has 4 N–H and O–H groups in total.